The van der Waals surface area contributed by atoms with Crippen LogP contribution in [0.15, 0.2) is 34.2 Å². The lowest BCUT2D eigenvalue weighted by Gasteiger charge is -1.92. The number of fused-ring (bicyclic) bond motifs is 1. The van der Waals surface area contributed by atoms with Gasteiger partial charge < -0.3 is 14.9 Å². The van der Waals surface area contributed by atoms with Crippen molar-refractivity contribution < 1.29 is 14.4 Å². The van der Waals surface area contributed by atoms with Crippen molar-refractivity contribution in [1.29, 1.82) is 0 Å². The van der Waals surface area contributed by atoms with Gasteiger partial charge in [-0.25, -0.2) is 9.78 Å². The van der Waals surface area contributed by atoms with E-state index in [1.54, 1.807) is 5.38 Å². The molecule has 0 saturated heterocycles. The van der Waals surface area contributed by atoms with Crippen LogP contribution in [0.5, 0.6) is 0 Å². The van der Waals surface area contributed by atoms with Gasteiger partial charge in [-0.2, -0.15) is 0 Å². The molecular formula is C13H14N4O3S. The lowest BCUT2D eigenvalue weighted by atomic mass is 10.3. The van der Waals surface area contributed by atoms with Crippen LogP contribution in [0.3, 0.4) is 0 Å². The van der Waals surface area contributed by atoms with Gasteiger partial charge in [-0.15, -0.1) is 16.4 Å². The molecule has 0 spiro atoms. The Morgan fingerprint density at radius 2 is 2.24 bits per heavy atom. The van der Waals surface area contributed by atoms with Crippen LogP contribution in [0.25, 0.3) is 11.1 Å². The molecule has 0 atom stereocenters. The van der Waals surface area contributed by atoms with Crippen LogP contribution < -0.4 is 5.32 Å². The lowest BCUT2D eigenvalue weighted by molar-refractivity contribution is 0.0691. The number of para-hydroxylation sites is 1. The average Bonchev–Trinajstić information content (AvgIpc) is 3.14. The van der Waals surface area contributed by atoms with E-state index < -0.39 is 5.97 Å². The second-order valence-corrected chi connectivity index (χ2v) is 4.97. The fourth-order valence-electron chi connectivity index (χ4n) is 1.48. The zero-order valence-electron chi connectivity index (χ0n) is 11.3. The van der Waals surface area contributed by atoms with Crippen LogP contribution in [-0.4, -0.2) is 40.0 Å². The number of hydrogen-bond donors (Lipinski definition) is 2. The third-order valence-corrected chi connectivity index (χ3v) is 3.42. The third-order valence-electron chi connectivity index (χ3n) is 2.51. The van der Waals surface area contributed by atoms with E-state index in [1.165, 1.54) is 11.3 Å². The predicted octanol–water partition coefficient (Wildman–Crippen LogP) is 1.83. The third kappa shape index (κ3) is 4.33. The summed E-state index contributed by atoms with van der Waals surface area (Å²) in [5.74, 6) is -0.957. The molecule has 0 aliphatic carbocycles. The van der Waals surface area contributed by atoms with Crippen LogP contribution in [0.2, 0.25) is 0 Å². The smallest absolute Gasteiger partial charge is 0.355 e. The first-order valence-corrected chi connectivity index (χ1v) is 7.08. The van der Waals surface area contributed by atoms with E-state index in [0.29, 0.717) is 0 Å². The largest absolute Gasteiger partial charge is 0.476 e. The van der Waals surface area contributed by atoms with Crippen molar-refractivity contribution in [3.05, 3.63) is 40.3 Å². The number of benzene rings is 1. The van der Waals surface area contributed by atoms with Crippen molar-refractivity contribution in [3.8, 4) is 0 Å². The molecule has 2 heterocycles. The molecule has 7 nitrogen and oxygen atoms in total. The van der Waals surface area contributed by atoms with Crippen molar-refractivity contribution in [1.82, 2.24) is 20.7 Å². The minimum Gasteiger partial charge on any atom is -0.476 e. The molecule has 2 N–H and O–H groups in total. The zero-order chi connectivity index (χ0) is 15.1. The summed E-state index contributed by atoms with van der Waals surface area (Å²) in [6.45, 7) is 0.826. The number of thiazole rings is 1. The monoisotopic (exact) mass is 306 g/mol. The molecule has 3 rings (SSSR count). The van der Waals surface area contributed by atoms with Gasteiger partial charge in [0, 0.05) is 23.6 Å². The summed E-state index contributed by atoms with van der Waals surface area (Å²) < 4.78 is 4.76. The van der Waals surface area contributed by atoms with Crippen molar-refractivity contribution in [2.45, 2.75) is 6.42 Å². The van der Waals surface area contributed by atoms with Crippen LogP contribution in [0, 0.1) is 0 Å². The normalized spacial score (nSPS) is 10.1. The first-order chi connectivity index (χ1) is 10.2. The van der Waals surface area contributed by atoms with Gasteiger partial charge in [0.1, 0.15) is 5.52 Å². The summed E-state index contributed by atoms with van der Waals surface area (Å²) in [7, 11) is 1.85. The number of hydrogen-bond acceptors (Lipinski definition) is 7. The van der Waals surface area contributed by atoms with E-state index in [2.05, 4.69) is 20.7 Å². The fourth-order valence-corrected chi connectivity index (χ4v) is 2.25. The summed E-state index contributed by atoms with van der Waals surface area (Å²) in [5.41, 5.74) is 1.68. The van der Waals surface area contributed by atoms with Gasteiger partial charge in [0.25, 0.3) is 0 Å². The first-order valence-electron chi connectivity index (χ1n) is 6.20. The Balaban J connectivity index is 0.000000159. The van der Waals surface area contributed by atoms with Gasteiger partial charge in [0.15, 0.2) is 11.3 Å². The summed E-state index contributed by atoms with van der Waals surface area (Å²) in [6.07, 6.45) is 0.786. The number of carbonyl (C=O) groups is 1. The maximum atomic E-state index is 10.4. The maximum Gasteiger partial charge on any atom is 0.355 e. The second-order valence-electron chi connectivity index (χ2n) is 4.03. The number of carboxylic acid groups (broad SMARTS) is 1. The summed E-state index contributed by atoms with van der Waals surface area (Å²) >= 11 is 1.39. The Hall–Kier alpha value is -2.32. The fraction of sp³-hybridized carbons (Fsp3) is 0.231. The Bertz CT molecular complexity index is 680. The number of aromatic nitrogens is 3. The number of nitrogens with one attached hydrogen (secondary N) is 1. The molecule has 3 aromatic rings. The van der Waals surface area contributed by atoms with Crippen LogP contribution in [-0.2, 0) is 6.42 Å². The van der Waals surface area contributed by atoms with Gasteiger partial charge in [0.2, 0.25) is 0 Å². The molecule has 21 heavy (non-hydrogen) atoms. The maximum absolute atomic E-state index is 10.4. The van der Waals surface area contributed by atoms with Crippen LogP contribution in [0.4, 0.5) is 0 Å². The number of nitrogens with zero attached hydrogens (tertiary/aromatic N) is 3. The average molecular weight is 306 g/mol. The lowest BCUT2D eigenvalue weighted by Crippen LogP contribution is -2.10. The highest BCUT2D eigenvalue weighted by Crippen LogP contribution is 2.09. The summed E-state index contributed by atoms with van der Waals surface area (Å²) in [4.78, 5) is 14.3. The molecule has 0 amide bonds. The molecule has 0 fully saturated rings. The van der Waals surface area contributed by atoms with E-state index in [4.69, 9.17) is 9.63 Å². The number of likely N-dealkylation sites (N-methyl/N-ethyl adjacent to an activating group) is 1. The predicted molar refractivity (Wildman–Crippen MR) is 78.5 cm³/mol. The highest BCUT2D eigenvalue weighted by atomic mass is 32.1. The molecule has 110 valence electrons. The molecule has 1 aromatic carbocycles. The minimum atomic E-state index is -0.957. The molecule has 0 unspecified atom stereocenters. The van der Waals surface area contributed by atoms with Crippen molar-refractivity contribution >= 4 is 28.4 Å². The summed E-state index contributed by atoms with van der Waals surface area (Å²) in [6, 6.07) is 7.46. The van der Waals surface area contributed by atoms with Crippen molar-refractivity contribution in [2.24, 2.45) is 0 Å². The summed E-state index contributed by atoms with van der Waals surface area (Å²) in [5, 5.41) is 21.0. The van der Waals surface area contributed by atoms with Crippen molar-refractivity contribution in [2.75, 3.05) is 13.6 Å². The van der Waals surface area contributed by atoms with E-state index in [-0.39, 0.29) is 5.69 Å². The van der Waals surface area contributed by atoms with Gasteiger partial charge in [-0.05, 0) is 19.2 Å². The van der Waals surface area contributed by atoms with E-state index in [0.717, 1.165) is 29.1 Å². The standard InChI is InChI=1S/C7H10N2O2S.C6H4N2O/c1-8-3-2-6-9-5(4-12-6)7(10)11;1-2-4-6-5(3-1)7-8-9-6/h4,8H,2-3H2,1H3,(H,10,11);1-4H. The molecule has 0 aliphatic rings. The quantitative estimate of drug-likeness (QED) is 0.758. The highest BCUT2D eigenvalue weighted by molar-refractivity contribution is 7.09. The molecule has 0 aliphatic heterocycles. The molecule has 0 saturated carbocycles. The van der Waals surface area contributed by atoms with Crippen LogP contribution >= 0.6 is 11.3 Å². The van der Waals surface area contributed by atoms with E-state index >= 15 is 0 Å². The molecule has 0 radical (unpaired) electrons. The highest BCUT2D eigenvalue weighted by Gasteiger charge is 2.07. The van der Waals surface area contributed by atoms with Gasteiger partial charge in [-0.3, -0.25) is 0 Å². The Morgan fingerprint density at radius 3 is 2.90 bits per heavy atom. The Kier molecular flexibility index (Phi) is 5.35. The zero-order valence-corrected chi connectivity index (χ0v) is 12.1. The number of aromatic carboxylic acids is 1. The SMILES string of the molecule is CNCCc1nc(C(=O)O)cs1.c1ccc2onnc2c1. The molecule has 2 aromatic heterocycles. The van der Waals surface area contributed by atoms with Gasteiger partial charge in [-0.1, -0.05) is 12.1 Å². The van der Waals surface area contributed by atoms with Crippen molar-refractivity contribution in [3.63, 3.8) is 0 Å². The topological polar surface area (TPSA) is 101 Å². The van der Waals surface area contributed by atoms with Gasteiger partial charge >= 0.3 is 5.97 Å². The van der Waals surface area contributed by atoms with Gasteiger partial charge in [0.05, 0.1) is 5.01 Å². The van der Waals surface area contributed by atoms with E-state index in [1.807, 2.05) is 31.3 Å². The molecule has 0 bridgehead atoms. The first kappa shape index (κ1) is 15.1. The number of rotatable bonds is 4. The molecule has 8 heteroatoms. The Labute approximate surface area is 124 Å². The number of carboxylic acids is 1. The second kappa shape index (κ2) is 7.46. The van der Waals surface area contributed by atoms with E-state index in [9.17, 15) is 4.79 Å². The Morgan fingerprint density at radius 1 is 1.43 bits per heavy atom. The molecular weight excluding hydrogens is 292 g/mol. The minimum absolute atomic E-state index is 0.145. The van der Waals surface area contributed by atoms with Crippen LogP contribution in [0.1, 0.15) is 15.5 Å².